The lowest BCUT2D eigenvalue weighted by atomic mass is 9.90. The Kier molecular flexibility index (Phi) is 5.90. The number of halogens is 2. The Hall–Kier alpha value is -2.67. The summed E-state index contributed by atoms with van der Waals surface area (Å²) in [5.41, 5.74) is 1.71. The number of aromatic amines is 1. The Morgan fingerprint density at radius 1 is 1.33 bits per heavy atom. The number of nitrogens with zero attached hydrogens (tertiary/aromatic N) is 3. The number of hydrogen-bond acceptors (Lipinski definition) is 4. The Bertz CT molecular complexity index is 1060. The van der Waals surface area contributed by atoms with Crippen LogP contribution in [0, 0.1) is 11.7 Å². The number of rotatable bonds is 5. The van der Waals surface area contributed by atoms with Crippen molar-refractivity contribution < 1.29 is 9.18 Å². The van der Waals surface area contributed by atoms with Gasteiger partial charge < -0.3 is 15.2 Å². The third-order valence-corrected chi connectivity index (χ3v) is 6.34. The molecule has 8 heteroatoms. The summed E-state index contributed by atoms with van der Waals surface area (Å²) in [6, 6.07) is 7.66. The third kappa shape index (κ3) is 3.86. The van der Waals surface area contributed by atoms with E-state index in [-0.39, 0.29) is 23.6 Å². The van der Waals surface area contributed by atoms with Crippen molar-refractivity contribution in [3.8, 4) is 0 Å². The Labute approximate surface area is 179 Å². The minimum atomic E-state index is -0.382. The first-order valence-corrected chi connectivity index (χ1v) is 10.7. The van der Waals surface area contributed by atoms with Crippen LogP contribution in [0.5, 0.6) is 0 Å². The van der Waals surface area contributed by atoms with Gasteiger partial charge in [0.1, 0.15) is 12.0 Å². The summed E-state index contributed by atoms with van der Waals surface area (Å²) in [6.07, 6.45) is 3.56. The van der Waals surface area contributed by atoms with E-state index in [2.05, 4.69) is 20.3 Å². The van der Waals surface area contributed by atoms with Crippen LogP contribution >= 0.6 is 11.6 Å². The van der Waals surface area contributed by atoms with E-state index in [1.165, 1.54) is 6.33 Å². The fraction of sp³-hybridized carbons (Fsp3) is 0.409. The minimum absolute atomic E-state index is 0.0352. The number of para-hydroxylation sites is 1. The molecular formula is C22H25ClFN5O. The summed E-state index contributed by atoms with van der Waals surface area (Å²) in [7, 11) is 0. The number of aryl methyl sites for hydroxylation is 1. The number of fused-ring (bicyclic) bond motifs is 1. The summed E-state index contributed by atoms with van der Waals surface area (Å²) < 4.78 is 14.4. The molecule has 1 saturated heterocycles. The quantitative estimate of drug-likeness (QED) is 0.618. The molecule has 2 N–H and O–H groups in total. The SMILES string of the molecule is CCc1ncnc(NC(C)C2CCN(C(=O)c3[nH]c4ccccc4c3Cl)CC2)c1F. The zero-order chi connectivity index (χ0) is 21.3. The topological polar surface area (TPSA) is 73.9 Å². The van der Waals surface area contributed by atoms with Crippen molar-refractivity contribution in [3.05, 3.63) is 52.8 Å². The predicted molar refractivity (Wildman–Crippen MR) is 116 cm³/mol. The number of amides is 1. The van der Waals surface area contributed by atoms with Crippen LogP contribution in [0.15, 0.2) is 30.6 Å². The molecule has 1 unspecified atom stereocenters. The van der Waals surface area contributed by atoms with Crippen molar-refractivity contribution in [1.29, 1.82) is 0 Å². The number of H-pyrrole nitrogens is 1. The summed E-state index contributed by atoms with van der Waals surface area (Å²) >= 11 is 6.44. The van der Waals surface area contributed by atoms with E-state index in [0.717, 1.165) is 23.7 Å². The van der Waals surface area contributed by atoms with E-state index in [9.17, 15) is 9.18 Å². The first-order valence-electron chi connectivity index (χ1n) is 10.3. The normalized spacial score (nSPS) is 16.1. The standard InChI is InChI=1S/C22H25ClFN5O/c1-3-16-19(24)21(26-12-25-16)27-13(2)14-8-10-29(11-9-14)22(30)20-18(23)15-6-4-5-7-17(15)28-20/h4-7,12-14,28H,3,8-11H2,1-2H3,(H,25,26,27). The Morgan fingerprint density at radius 3 is 2.77 bits per heavy atom. The highest BCUT2D eigenvalue weighted by Crippen LogP contribution is 2.30. The Balaban J connectivity index is 1.39. The fourth-order valence-corrected chi connectivity index (χ4v) is 4.40. The lowest BCUT2D eigenvalue weighted by Gasteiger charge is -2.35. The number of anilines is 1. The Morgan fingerprint density at radius 2 is 2.07 bits per heavy atom. The van der Waals surface area contributed by atoms with Gasteiger partial charge in [0.05, 0.1) is 10.7 Å². The highest BCUT2D eigenvalue weighted by atomic mass is 35.5. The van der Waals surface area contributed by atoms with Gasteiger partial charge in [-0.1, -0.05) is 36.7 Å². The molecule has 3 aromatic rings. The largest absolute Gasteiger partial charge is 0.365 e. The molecule has 4 rings (SSSR count). The highest BCUT2D eigenvalue weighted by Gasteiger charge is 2.29. The lowest BCUT2D eigenvalue weighted by Crippen LogP contribution is -2.42. The van der Waals surface area contributed by atoms with Crippen LogP contribution < -0.4 is 5.32 Å². The summed E-state index contributed by atoms with van der Waals surface area (Å²) in [5, 5.41) is 4.53. The van der Waals surface area contributed by atoms with Crippen LogP contribution in [0.3, 0.4) is 0 Å². The maximum absolute atomic E-state index is 14.4. The molecule has 0 aliphatic carbocycles. The number of nitrogens with one attached hydrogen (secondary N) is 2. The molecule has 1 aromatic carbocycles. The van der Waals surface area contributed by atoms with E-state index >= 15 is 0 Å². The van der Waals surface area contributed by atoms with Crippen LogP contribution in [-0.4, -0.2) is 44.9 Å². The molecule has 6 nitrogen and oxygen atoms in total. The van der Waals surface area contributed by atoms with Gasteiger partial charge in [-0.05, 0) is 38.2 Å². The van der Waals surface area contributed by atoms with Gasteiger partial charge in [-0.2, -0.15) is 0 Å². The second kappa shape index (κ2) is 8.60. The molecule has 3 heterocycles. The van der Waals surface area contributed by atoms with Crippen LogP contribution in [-0.2, 0) is 6.42 Å². The van der Waals surface area contributed by atoms with Crippen LogP contribution in [0.4, 0.5) is 10.2 Å². The smallest absolute Gasteiger partial charge is 0.271 e. The van der Waals surface area contributed by atoms with Gasteiger partial charge >= 0.3 is 0 Å². The molecular weight excluding hydrogens is 405 g/mol. The van der Waals surface area contributed by atoms with Gasteiger partial charge in [-0.25, -0.2) is 14.4 Å². The number of aromatic nitrogens is 3. The molecule has 1 atom stereocenters. The number of piperidine rings is 1. The molecule has 2 aromatic heterocycles. The van der Waals surface area contributed by atoms with Gasteiger partial charge in [0.2, 0.25) is 0 Å². The molecule has 0 spiro atoms. The van der Waals surface area contributed by atoms with E-state index in [1.54, 1.807) is 0 Å². The van der Waals surface area contributed by atoms with Crippen LogP contribution in [0.2, 0.25) is 5.02 Å². The molecule has 0 saturated carbocycles. The van der Waals surface area contributed by atoms with E-state index < -0.39 is 0 Å². The first-order chi connectivity index (χ1) is 14.5. The predicted octanol–water partition coefficient (Wildman–Crippen LogP) is 4.67. The summed E-state index contributed by atoms with van der Waals surface area (Å²) in [4.78, 5) is 26.0. The van der Waals surface area contributed by atoms with E-state index in [0.29, 0.717) is 41.8 Å². The maximum atomic E-state index is 14.4. The number of benzene rings is 1. The summed E-state index contributed by atoms with van der Waals surface area (Å²) in [5.74, 6) is 0.0991. The zero-order valence-electron chi connectivity index (χ0n) is 17.1. The van der Waals surface area contributed by atoms with Crippen molar-refractivity contribution >= 4 is 34.2 Å². The number of carbonyl (C=O) groups excluding carboxylic acids is 1. The molecule has 1 fully saturated rings. The van der Waals surface area contributed by atoms with Crippen molar-refractivity contribution in [2.24, 2.45) is 5.92 Å². The molecule has 0 radical (unpaired) electrons. The van der Waals surface area contributed by atoms with E-state index in [4.69, 9.17) is 11.6 Å². The fourth-order valence-electron chi connectivity index (χ4n) is 4.10. The van der Waals surface area contributed by atoms with Gasteiger partial charge in [-0.15, -0.1) is 0 Å². The summed E-state index contributed by atoms with van der Waals surface area (Å²) in [6.45, 7) is 5.16. The van der Waals surface area contributed by atoms with Crippen molar-refractivity contribution in [2.75, 3.05) is 18.4 Å². The zero-order valence-corrected chi connectivity index (χ0v) is 17.8. The second-order valence-corrected chi connectivity index (χ2v) is 8.14. The molecule has 0 bridgehead atoms. The van der Waals surface area contributed by atoms with Crippen LogP contribution in [0.25, 0.3) is 10.9 Å². The van der Waals surface area contributed by atoms with Gasteiger partial charge in [0.15, 0.2) is 11.6 Å². The van der Waals surface area contributed by atoms with E-state index in [1.807, 2.05) is 43.0 Å². The van der Waals surface area contributed by atoms with Crippen LogP contribution in [0.1, 0.15) is 42.9 Å². The van der Waals surface area contributed by atoms with Crippen molar-refractivity contribution in [2.45, 2.75) is 39.2 Å². The molecule has 30 heavy (non-hydrogen) atoms. The number of carbonyl (C=O) groups is 1. The maximum Gasteiger partial charge on any atom is 0.271 e. The average molecular weight is 430 g/mol. The van der Waals surface area contributed by atoms with Gasteiger partial charge in [-0.3, -0.25) is 4.79 Å². The average Bonchev–Trinajstić information content (AvgIpc) is 3.11. The second-order valence-electron chi connectivity index (χ2n) is 7.76. The lowest BCUT2D eigenvalue weighted by molar-refractivity contribution is 0.0679. The van der Waals surface area contributed by atoms with Crippen molar-refractivity contribution in [3.63, 3.8) is 0 Å². The van der Waals surface area contributed by atoms with Gasteiger partial charge in [0, 0.05) is 30.0 Å². The third-order valence-electron chi connectivity index (χ3n) is 5.95. The minimum Gasteiger partial charge on any atom is -0.365 e. The van der Waals surface area contributed by atoms with Gasteiger partial charge in [0.25, 0.3) is 5.91 Å². The monoisotopic (exact) mass is 429 g/mol. The highest BCUT2D eigenvalue weighted by molar-refractivity contribution is 6.38. The molecule has 158 valence electrons. The first kappa shape index (κ1) is 20.6. The molecule has 1 amide bonds. The molecule has 1 aliphatic rings. The number of hydrogen-bond donors (Lipinski definition) is 2. The van der Waals surface area contributed by atoms with Crippen molar-refractivity contribution in [1.82, 2.24) is 19.9 Å². The number of likely N-dealkylation sites (tertiary alicyclic amines) is 1. The molecule has 1 aliphatic heterocycles.